The summed E-state index contributed by atoms with van der Waals surface area (Å²) in [5.41, 5.74) is 1.12. The summed E-state index contributed by atoms with van der Waals surface area (Å²) < 4.78 is 6.93. The molecule has 0 unspecified atom stereocenters. The molecule has 7 heteroatoms. The van der Waals surface area contributed by atoms with Gasteiger partial charge >= 0.3 is 0 Å². The van der Waals surface area contributed by atoms with Crippen LogP contribution in [0.1, 0.15) is 49.5 Å². The van der Waals surface area contributed by atoms with Crippen LogP contribution in [0.25, 0.3) is 0 Å². The summed E-state index contributed by atoms with van der Waals surface area (Å²) in [7, 11) is 1.61. The van der Waals surface area contributed by atoms with E-state index < -0.39 is 0 Å². The lowest BCUT2D eigenvalue weighted by Gasteiger charge is -2.22. The molecule has 7 nitrogen and oxygen atoms in total. The molecule has 0 saturated heterocycles. The number of benzene rings is 1. The van der Waals surface area contributed by atoms with Crippen molar-refractivity contribution >= 4 is 5.71 Å². The molecule has 0 aliphatic heterocycles. The van der Waals surface area contributed by atoms with E-state index in [1.165, 1.54) is 19.3 Å². The Labute approximate surface area is 128 Å². The van der Waals surface area contributed by atoms with Crippen LogP contribution in [0.3, 0.4) is 0 Å². The number of oxime groups is 1. The fraction of sp³-hybridized carbons (Fsp3) is 0.467. The molecule has 2 aromatic rings. The summed E-state index contributed by atoms with van der Waals surface area (Å²) in [6, 6.07) is 7.56. The number of hydrogen-bond acceptors (Lipinski definition) is 6. The predicted molar refractivity (Wildman–Crippen MR) is 80.4 cm³/mol. The molecule has 1 aliphatic carbocycles. The van der Waals surface area contributed by atoms with Crippen molar-refractivity contribution in [1.82, 2.24) is 20.2 Å². The minimum absolute atomic E-state index is 0.272. The van der Waals surface area contributed by atoms with E-state index in [0.29, 0.717) is 11.5 Å². The first kappa shape index (κ1) is 14.5. The maximum atomic E-state index is 9.45. The van der Waals surface area contributed by atoms with Gasteiger partial charge in [-0.15, -0.1) is 5.10 Å². The molecular formula is C15H19N5O2. The fourth-order valence-corrected chi connectivity index (χ4v) is 2.90. The molecule has 1 N–H and O–H groups in total. The van der Waals surface area contributed by atoms with Crippen molar-refractivity contribution < 1.29 is 9.94 Å². The van der Waals surface area contributed by atoms with Crippen molar-refractivity contribution in [3.05, 3.63) is 35.7 Å². The van der Waals surface area contributed by atoms with Crippen LogP contribution in [0.15, 0.2) is 29.4 Å². The summed E-state index contributed by atoms with van der Waals surface area (Å²) in [4.78, 5) is 0. The lowest BCUT2D eigenvalue weighted by molar-refractivity contribution is 0.312. The number of aromatic nitrogens is 4. The quantitative estimate of drug-likeness (QED) is 0.532. The number of methoxy groups -OCH3 is 1. The fourth-order valence-electron chi connectivity index (χ4n) is 2.90. The molecule has 1 aromatic carbocycles. The summed E-state index contributed by atoms with van der Waals surface area (Å²) in [6.45, 7) is 0. The highest BCUT2D eigenvalue weighted by Crippen LogP contribution is 2.28. The average Bonchev–Trinajstić information content (AvgIpc) is 3.06. The first-order valence-electron chi connectivity index (χ1n) is 7.48. The number of nitrogens with zero attached hydrogens (tertiary/aromatic N) is 5. The molecule has 0 bridgehead atoms. The van der Waals surface area contributed by atoms with Gasteiger partial charge < -0.3 is 9.94 Å². The number of tetrazole rings is 1. The third-order valence-electron chi connectivity index (χ3n) is 4.09. The summed E-state index contributed by atoms with van der Waals surface area (Å²) in [5.74, 6) is 1.24. The molecule has 0 atom stereocenters. The van der Waals surface area contributed by atoms with Crippen LogP contribution < -0.4 is 4.74 Å². The van der Waals surface area contributed by atoms with Crippen LogP contribution in [0, 0.1) is 0 Å². The van der Waals surface area contributed by atoms with Crippen molar-refractivity contribution in [2.24, 2.45) is 5.16 Å². The largest absolute Gasteiger partial charge is 0.497 e. The standard InChI is InChI=1S/C15H19N5O2/c1-22-13-9-7-11(8-10-13)14(17-21)15-16-18-19-20(15)12-5-3-2-4-6-12/h7-10,12,21H,2-6H2,1H3/b17-14-. The van der Waals surface area contributed by atoms with Crippen LogP contribution in [-0.4, -0.2) is 38.2 Å². The zero-order chi connectivity index (χ0) is 15.4. The molecule has 0 amide bonds. The molecular weight excluding hydrogens is 282 g/mol. The molecule has 116 valence electrons. The first-order chi connectivity index (χ1) is 10.8. The van der Waals surface area contributed by atoms with Crippen LogP contribution in [0.2, 0.25) is 0 Å². The summed E-state index contributed by atoms with van der Waals surface area (Å²) in [5, 5.41) is 24.8. The Hall–Kier alpha value is -2.44. The summed E-state index contributed by atoms with van der Waals surface area (Å²) >= 11 is 0. The highest BCUT2D eigenvalue weighted by atomic mass is 16.5. The van der Waals surface area contributed by atoms with Gasteiger partial charge in [0, 0.05) is 5.56 Å². The third kappa shape index (κ3) is 2.79. The lowest BCUT2D eigenvalue weighted by atomic mass is 9.95. The minimum Gasteiger partial charge on any atom is -0.497 e. The molecule has 3 rings (SSSR count). The van der Waals surface area contributed by atoms with Crippen LogP contribution in [-0.2, 0) is 0 Å². The second-order valence-electron chi connectivity index (χ2n) is 5.42. The van der Waals surface area contributed by atoms with E-state index in [1.807, 2.05) is 24.3 Å². The lowest BCUT2D eigenvalue weighted by Crippen LogP contribution is -2.20. The van der Waals surface area contributed by atoms with Gasteiger partial charge in [-0.3, -0.25) is 0 Å². The first-order valence-corrected chi connectivity index (χ1v) is 7.48. The average molecular weight is 301 g/mol. The van der Waals surface area contributed by atoms with E-state index in [-0.39, 0.29) is 6.04 Å². The Morgan fingerprint density at radius 3 is 2.59 bits per heavy atom. The SMILES string of the molecule is COc1ccc(/C(=N/O)c2nnnn2C2CCCCC2)cc1. The van der Waals surface area contributed by atoms with E-state index in [1.54, 1.807) is 11.8 Å². The van der Waals surface area contributed by atoms with Gasteiger partial charge in [0.1, 0.15) is 5.75 Å². The zero-order valence-corrected chi connectivity index (χ0v) is 12.5. The van der Waals surface area contributed by atoms with E-state index >= 15 is 0 Å². The van der Waals surface area contributed by atoms with Gasteiger partial charge in [0.25, 0.3) is 0 Å². The topological polar surface area (TPSA) is 85.4 Å². The Morgan fingerprint density at radius 1 is 1.23 bits per heavy atom. The highest BCUT2D eigenvalue weighted by molar-refractivity contribution is 6.10. The zero-order valence-electron chi connectivity index (χ0n) is 12.5. The molecule has 1 saturated carbocycles. The Morgan fingerprint density at radius 2 is 1.95 bits per heavy atom. The van der Waals surface area contributed by atoms with E-state index in [9.17, 15) is 5.21 Å². The monoisotopic (exact) mass is 301 g/mol. The normalized spacial score (nSPS) is 16.7. The second kappa shape index (κ2) is 6.55. The number of hydrogen-bond donors (Lipinski definition) is 1. The molecule has 1 aliphatic rings. The van der Waals surface area contributed by atoms with Crippen molar-refractivity contribution in [3.63, 3.8) is 0 Å². The smallest absolute Gasteiger partial charge is 0.204 e. The second-order valence-corrected chi connectivity index (χ2v) is 5.42. The predicted octanol–water partition coefficient (Wildman–Crippen LogP) is 2.41. The molecule has 0 radical (unpaired) electrons. The van der Waals surface area contributed by atoms with Crippen molar-refractivity contribution in [2.45, 2.75) is 38.1 Å². The summed E-state index contributed by atoms with van der Waals surface area (Å²) in [6.07, 6.45) is 5.72. The van der Waals surface area contributed by atoms with Gasteiger partial charge in [0.2, 0.25) is 5.82 Å². The van der Waals surface area contributed by atoms with Gasteiger partial charge in [0.05, 0.1) is 13.2 Å². The third-order valence-corrected chi connectivity index (χ3v) is 4.09. The number of ether oxygens (including phenoxy) is 1. The van der Waals surface area contributed by atoms with E-state index in [4.69, 9.17) is 4.74 Å². The van der Waals surface area contributed by atoms with Gasteiger partial charge in [-0.25, -0.2) is 4.68 Å². The van der Waals surface area contributed by atoms with Crippen molar-refractivity contribution in [2.75, 3.05) is 7.11 Å². The number of rotatable bonds is 4. The van der Waals surface area contributed by atoms with Crippen LogP contribution in [0.4, 0.5) is 0 Å². The van der Waals surface area contributed by atoms with E-state index in [0.717, 1.165) is 24.2 Å². The molecule has 22 heavy (non-hydrogen) atoms. The van der Waals surface area contributed by atoms with Gasteiger partial charge in [-0.2, -0.15) is 0 Å². The van der Waals surface area contributed by atoms with Crippen LogP contribution in [0.5, 0.6) is 5.75 Å². The Balaban J connectivity index is 1.92. The van der Waals surface area contributed by atoms with E-state index in [2.05, 4.69) is 20.7 Å². The molecule has 0 spiro atoms. The Kier molecular flexibility index (Phi) is 4.32. The molecule has 1 fully saturated rings. The maximum absolute atomic E-state index is 9.45. The highest BCUT2D eigenvalue weighted by Gasteiger charge is 2.23. The van der Waals surface area contributed by atoms with Crippen molar-refractivity contribution in [3.8, 4) is 5.75 Å². The van der Waals surface area contributed by atoms with Gasteiger partial charge in [-0.05, 0) is 47.5 Å². The maximum Gasteiger partial charge on any atom is 0.204 e. The molecule has 1 heterocycles. The van der Waals surface area contributed by atoms with Gasteiger partial charge in [-0.1, -0.05) is 24.4 Å². The van der Waals surface area contributed by atoms with Crippen LogP contribution >= 0.6 is 0 Å². The van der Waals surface area contributed by atoms with Gasteiger partial charge in [0.15, 0.2) is 5.71 Å². The minimum atomic E-state index is 0.272. The Bertz CT molecular complexity index is 644. The van der Waals surface area contributed by atoms with Crippen molar-refractivity contribution in [1.29, 1.82) is 0 Å². The molecule has 1 aromatic heterocycles.